The maximum absolute atomic E-state index is 3.47. The van der Waals surface area contributed by atoms with Gasteiger partial charge < -0.3 is 5.32 Å². The lowest BCUT2D eigenvalue weighted by atomic mass is 10.0. The highest BCUT2D eigenvalue weighted by molar-refractivity contribution is 5.23. The fourth-order valence-corrected chi connectivity index (χ4v) is 1.54. The van der Waals surface area contributed by atoms with Crippen molar-refractivity contribution in [2.24, 2.45) is 0 Å². The van der Waals surface area contributed by atoms with E-state index in [-0.39, 0.29) is 0 Å². The molecule has 72 valence electrons. The van der Waals surface area contributed by atoms with E-state index in [9.17, 15) is 0 Å². The third-order valence-electron chi connectivity index (χ3n) is 2.34. The van der Waals surface area contributed by atoms with Gasteiger partial charge in [-0.3, -0.25) is 0 Å². The van der Waals surface area contributed by atoms with Crippen LogP contribution in [0.2, 0.25) is 0 Å². The molecule has 1 aromatic rings. The Hall–Kier alpha value is -0.820. The van der Waals surface area contributed by atoms with Crippen molar-refractivity contribution in [1.29, 1.82) is 0 Å². The monoisotopic (exact) mass is 177 g/mol. The topological polar surface area (TPSA) is 12.0 Å². The second-order valence-corrected chi connectivity index (χ2v) is 3.43. The van der Waals surface area contributed by atoms with Gasteiger partial charge in [-0.2, -0.15) is 0 Å². The van der Waals surface area contributed by atoms with Gasteiger partial charge in [0.15, 0.2) is 0 Å². The molecule has 0 saturated carbocycles. The van der Waals surface area contributed by atoms with Gasteiger partial charge in [-0.05, 0) is 25.5 Å². The first-order valence-corrected chi connectivity index (χ1v) is 5.07. The molecule has 0 heterocycles. The predicted molar refractivity (Wildman–Crippen MR) is 57.9 cm³/mol. The average Bonchev–Trinajstić information content (AvgIpc) is 2.16. The van der Waals surface area contributed by atoms with E-state index in [1.54, 1.807) is 0 Å². The highest BCUT2D eigenvalue weighted by atomic mass is 14.9. The molecule has 1 nitrogen and oxygen atoms in total. The largest absolute Gasteiger partial charge is 0.310 e. The molecule has 0 unspecified atom stereocenters. The van der Waals surface area contributed by atoms with E-state index in [0.29, 0.717) is 6.04 Å². The molecule has 1 atom stereocenters. The summed E-state index contributed by atoms with van der Waals surface area (Å²) < 4.78 is 0. The fourth-order valence-electron chi connectivity index (χ4n) is 1.54. The maximum atomic E-state index is 3.47. The molecule has 0 fully saturated rings. The quantitative estimate of drug-likeness (QED) is 0.745. The van der Waals surface area contributed by atoms with Crippen LogP contribution in [0.15, 0.2) is 24.3 Å². The van der Waals surface area contributed by atoms with Crippen LogP contribution in [0.3, 0.4) is 0 Å². The van der Waals surface area contributed by atoms with E-state index in [0.717, 1.165) is 13.0 Å². The molecule has 13 heavy (non-hydrogen) atoms. The van der Waals surface area contributed by atoms with Crippen LogP contribution in [0.5, 0.6) is 0 Å². The summed E-state index contributed by atoms with van der Waals surface area (Å²) in [5, 5.41) is 3.47. The molecule has 0 spiro atoms. The zero-order valence-corrected chi connectivity index (χ0v) is 8.80. The third-order valence-corrected chi connectivity index (χ3v) is 2.34. The first kappa shape index (κ1) is 10.3. The Kier molecular flexibility index (Phi) is 3.97. The Bertz CT molecular complexity index is 238. The zero-order chi connectivity index (χ0) is 9.68. The summed E-state index contributed by atoms with van der Waals surface area (Å²) in [6.45, 7) is 7.52. The van der Waals surface area contributed by atoms with Crippen molar-refractivity contribution < 1.29 is 0 Å². The second kappa shape index (κ2) is 5.03. The highest BCUT2D eigenvalue weighted by Gasteiger charge is 2.05. The second-order valence-electron chi connectivity index (χ2n) is 3.43. The summed E-state index contributed by atoms with van der Waals surface area (Å²) in [6.07, 6.45) is 1.15. The Balaban J connectivity index is 2.73. The Morgan fingerprint density at radius 1 is 1.15 bits per heavy atom. The number of rotatable bonds is 4. The van der Waals surface area contributed by atoms with Crippen LogP contribution >= 0.6 is 0 Å². The van der Waals surface area contributed by atoms with Crippen molar-refractivity contribution in [1.82, 2.24) is 5.32 Å². The number of hydrogen-bond donors (Lipinski definition) is 1. The molecule has 1 heteroatoms. The smallest absolute Gasteiger partial charge is 0.0317 e. The highest BCUT2D eigenvalue weighted by Crippen LogP contribution is 2.16. The van der Waals surface area contributed by atoms with Crippen molar-refractivity contribution in [3.8, 4) is 0 Å². The van der Waals surface area contributed by atoms with Crippen LogP contribution in [-0.2, 0) is 0 Å². The van der Waals surface area contributed by atoms with Crippen LogP contribution in [0, 0.1) is 6.92 Å². The number of aryl methyl sites for hydroxylation is 1. The van der Waals surface area contributed by atoms with Crippen molar-refractivity contribution in [3.63, 3.8) is 0 Å². The van der Waals surface area contributed by atoms with E-state index >= 15 is 0 Å². The Morgan fingerprint density at radius 2 is 1.77 bits per heavy atom. The molecule has 0 aliphatic carbocycles. The number of nitrogens with one attached hydrogen (secondary N) is 1. The third kappa shape index (κ3) is 2.85. The lowest BCUT2D eigenvalue weighted by Crippen LogP contribution is -2.19. The lowest BCUT2D eigenvalue weighted by molar-refractivity contribution is 0.537. The van der Waals surface area contributed by atoms with E-state index in [2.05, 4.69) is 50.4 Å². The fraction of sp³-hybridized carbons (Fsp3) is 0.500. The maximum Gasteiger partial charge on any atom is 0.0317 e. The summed E-state index contributed by atoms with van der Waals surface area (Å²) in [7, 11) is 0. The molecule has 1 aromatic carbocycles. The van der Waals surface area contributed by atoms with E-state index < -0.39 is 0 Å². The minimum atomic E-state index is 0.519. The minimum Gasteiger partial charge on any atom is -0.310 e. The van der Waals surface area contributed by atoms with Gasteiger partial charge >= 0.3 is 0 Å². The summed E-state index contributed by atoms with van der Waals surface area (Å²) in [5.41, 5.74) is 2.73. The van der Waals surface area contributed by atoms with Gasteiger partial charge in [0, 0.05) is 6.04 Å². The van der Waals surface area contributed by atoms with Gasteiger partial charge in [0.1, 0.15) is 0 Å². The first-order chi connectivity index (χ1) is 6.27. The zero-order valence-electron chi connectivity index (χ0n) is 8.80. The van der Waals surface area contributed by atoms with Crippen LogP contribution in [0.4, 0.5) is 0 Å². The molecular formula is C12H19N. The number of benzene rings is 1. The van der Waals surface area contributed by atoms with Gasteiger partial charge in [0.05, 0.1) is 0 Å². The van der Waals surface area contributed by atoms with Crippen LogP contribution in [0.1, 0.15) is 37.4 Å². The van der Waals surface area contributed by atoms with Crippen molar-refractivity contribution >= 4 is 0 Å². The minimum absolute atomic E-state index is 0.519. The van der Waals surface area contributed by atoms with Gasteiger partial charge in [-0.1, -0.05) is 43.7 Å². The van der Waals surface area contributed by atoms with Crippen LogP contribution < -0.4 is 5.32 Å². The first-order valence-electron chi connectivity index (χ1n) is 5.07. The Labute approximate surface area is 81.2 Å². The summed E-state index contributed by atoms with van der Waals surface area (Å²) in [4.78, 5) is 0. The summed E-state index contributed by atoms with van der Waals surface area (Å²) in [5.74, 6) is 0. The van der Waals surface area contributed by atoms with Crippen LogP contribution in [-0.4, -0.2) is 6.54 Å². The van der Waals surface area contributed by atoms with E-state index in [4.69, 9.17) is 0 Å². The molecular weight excluding hydrogens is 158 g/mol. The molecule has 0 aliphatic heterocycles. The Morgan fingerprint density at radius 3 is 2.23 bits per heavy atom. The molecule has 0 amide bonds. The van der Waals surface area contributed by atoms with Crippen molar-refractivity contribution in [2.75, 3.05) is 6.54 Å². The molecule has 1 N–H and O–H groups in total. The lowest BCUT2D eigenvalue weighted by Gasteiger charge is -2.16. The molecule has 1 rings (SSSR count). The standard InChI is InChI=1S/C12H19N/c1-4-12(13-5-2)11-8-6-10(3)7-9-11/h6-9,12-13H,4-5H2,1-3H3/t12-/m0/s1. The van der Waals surface area contributed by atoms with Gasteiger partial charge in [-0.25, -0.2) is 0 Å². The average molecular weight is 177 g/mol. The SMILES string of the molecule is CCN[C@@H](CC)c1ccc(C)cc1. The van der Waals surface area contributed by atoms with Gasteiger partial charge in [0.25, 0.3) is 0 Å². The molecule has 0 radical (unpaired) electrons. The van der Waals surface area contributed by atoms with Gasteiger partial charge in [-0.15, -0.1) is 0 Å². The molecule has 0 aromatic heterocycles. The summed E-state index contributed by atoms with van der Waals surface area (Å²) >= 11 is 0. The molecule has 0 saturated heterocycles. The van der Waals surface area contributed by atoms with Crippen LogP contribution in [0.25, 0.3) is 0 Å². The van der Waals surface area contributed by atoms with Crippen molar-refractivity contribution in [2.45, 2.75) is 33.2 Å². The summed E-state index contributed by atoms with van der Waals surface area (Å²) in [6, 6.07) is 9.30. The van der Waals surface area contributed by atoms with Crippen molar-refractivity contribution in [3.05, 3.63) is 35.4 Å². The van der Waals surface area contributed by atoms with E-state index in [1.807, 2.05) is 0 Å². The van der Waals surface area contributed by atoms with E-state index in [1.165, 1.54) is 11.1 Å². The number of hydrogen-bond acceptors (Lipinski definition) is 1. The molecule has 0 aliphatic rings. The normalized spacial score (nSPS) is 12.8. The predicted octanol–water partition coefficient (Wildman–Crippen LogP) is 3.06. The van der Waals surface area contributed by atoms with Gasteiger partial charge in [0.2, 0.25) is 0 Å². The molecule has 0 bridgehead atoms.